The molecule has 1 amide bonds. The van der Waals surface area contributed by atoms with E-state index < -0.39 is 0 Å². The molecule has 0 fully saturated rings. The minimum atomic E-state index is -0.164. The van der Waals surface area contributed by atoms with Crippen molar-refractivity contribution in [3.63, 3.8) is 0 Å². The molecule has 0 spiro atoms. The summed E-state index contributed by atoms with van der Waals surface area (Å²) in [7, 11) is 3.10. The Bertz CT molecular complexity index is 420. The number of aliphatic hydroxyl groups excluding tert-OH is 1. The van der Waals surface area contributed by atoms with Gasteiger partial charge in [0.25, 0.3) is 5.91 Å². The molecule has 0 aliphatic rings. The maximum atomic E-state index is 12.1. The van der Waals surface area contributed by atoms with Crippen LogP contribution in [0.5, 0.6) is 11.5 Å². The van der Waals surface area contributed by atoms with Crippen LogP contribution in [0.25, 0.3) is 0 Å². The van der Waals surface area contributed by atoms with E-state index in [9.17, 15) is 4.79 Å². The molecule has 0 aliphatic carbocycles. The molecule has 1 aromatic rings. The lowest BCUT2D eigenvalue weighted by molar-refractivity contribution is 0.0949. The van der Waals surface area contributed by atoms with Crippen LogP contribution >= 0.6 is 0 Å². The fourth-order valence-corrected chi connectivity index (χ4v) is 1.88. The van der Waals surface area contributed by atoms with Gasteiger partial charge < -0.3 is 19.9 Å². The molecular weight excluding hydrogens is 258 g/mol. The van der Waals surface area contributed by atoms with E-state index in [2.05, 4.69) is 5.32 Å². The standard InChI is InChI=1S/C15H23NO4/c1-19-12-7-8-14(20-2)13(11-12)15(18)16-9-5-3-4-6-10-17/h7-8,11,17H,3-6,9-10H2,1-2H3,(H,16,18). The quantitative estimate of drug-likeness (QED) is 0.679. The van der Waals surface area contributed by atoms with E-state index in [0.29, 0.717) is 23.6 Å². The molecule has 0 saturated carbocycles. The number of carbonyl (C=O) groups excluding carboxylic acids is 1. The molecule has 0 atom stereocenters. The average molecular weight is 281 g/mol. The van der Waals surface area contributed by atoms with Gasteiger partial charge in [0.15, 0.2) is 0 Å². The van der Waals surface area contributed by atoms with Crippen molar-refractivity contribution in [3.05, 3.63) is 23.8 Å². The Morgan fingerprint density at radius 1 is 1.15 bits per heavy atom. The van der Waals surface area contributed by atoms with Gasteiger partial charge in [0.1, 0.15) is 11.5 Å². The molecule has 0 aromatic heterocycles. The number of methoxy groups -OCH3 is 2. The molecular formula is C15H23NO4. The van der Waals surface area contributed by atoms with Crippen LogP contribution in [0, 0.1) is 0 Å². The SMILES string of the molecule is COc1ccc(OC)c(C(=O)NCCCCCCO)c1. The zero-order valence-electron chi connectivity index (χ0n) is 12.1. The Kier molecular flexibility index (Phi) is 7.50. The zero-order valence-corrected chi connectivity index (χ0v) is 12.1. The van der Waals surface area contributed by atoms with E-state index in [-0.39, 0.29) is 12.5 Å². The normalized spacial score (nSPS) is 10.2. The first-order valence-corrected chi connectivity index (χ1v) is 6.84. The van der Waals surface area contributed by atoms with E-state index in [1.807, 2.05) is 0 Å². The highest BCUT2D eigenvalue weighted by atomic mass is 16.5. The largest absolute Gasteiger partial charge is 0.497 e. The Hall–Kier alpha value is -1.75. The summed E-state index contributed by atoms with van der Waals surface area (Å²) in [6, 6.07) is 5.14. The average Bonchev–Trinajstić information content (AvgIpc) is 2.49. The van der Waals surface area contributed by atoms with E-state index in [4.69, 9.17) is 14.6 Å². The van der Waals surface area contributed by atoms with E-state index >= 15 is 0 Å². The Morgan fingerprint density at radius 2 is 1.90 bits per heavy atom. The second kappa shape index (κ2) is 9.20. The molecule has 0 unspecified atom stereocenters. The van der Waals surface area contributed by atoms with Gasteiger partial charge in [-0.3, -0.25) is 4.79 Å². The number of unbranched alkanes of at least 4 members (excludes halogenated alkanes) is 3. The number of ether oxygens (including phenoxy) is 2. The van der Waals surface area contributed by atoms with Crippen molar-refractivity contribution in [1.29, 1.82) is 0 Å². The molecule has 0 bridgehead atoms. The van der Waals surface area contributed by atoms with Gasteiger partial charge in [0.2, 0.25) is 0 Å². The number of carbonyl (C=O) groups is 1. The predicted molar refractivity (Wildman–Crippen MR) is 77.4 cm³/mol. The van der Waals surface area contributed by atoms with Gasteiger partial charge in [-0.2, -0.15) is 0 Å². The zero-order chi connectivity index (χ0) is 14.8. The summed E-state index contributed by atoms with van der Waals surface area (Å²) in [5.74, 6) is 0.991. The highest BCUT2D eigenvalue weighted by molar-refractivity contribution is 5.97. The Labute approximate surface area is 119 Å². The first-order chi connectivity index (χ1) is 9.72. The molecule has 0 heterocycles. The van der Waals surface area contributed by atoms with E-state index in [1.165, 1.54) is 7.11 Å². The summed E-state index contributed by atoms with van der Waals surface area (Å²) < 4.78 is 10.3. The van der Waals surface area contributed by atoms with Crippen molar-refractivity contribution < 1.29 is 19.4 Å². The summed E-state index contributed by atoms with van der Waals surface area (Å²) in [5, 5.41) is 11.5. The van der Waals surface area contributed by atoms with Crippen molar-refractivity contribution in [2.75, 3.05) is 27.4 Å². The molecule has 0 saturated heterocycles. The number of hydrogen-bond acceptors (Lipinski definition) is 4. The van der Waals surface area contributed by atoms with Crippen LogP contribution in [-0.4, -0.2) is 38.4 Å². The van der Waals surface area contributed by atoms with Crippen LogP contribution in [-0.2, 0) is 0 Å². The molecule has 5 heteroatoms. The molecule has 1 rings (SSSR count). The van der Waals surface area contributed by atoms with Crippen LogP contribution in [0.15, 0.2) is 18.2 Å². The number of hydrogen-bond donors (Lipinski definition) is 2. The van der Waals surface area contributed by atoms with Gasteiger partial charge in [-0.05, 0) is 31.0 Å². The summed E-state index contributed by atoms with van der Waals surface area (Å²) in [5.41, 5.74) is 0.474. The second-order valence-corrected chi connectivity index (χ2v) is 4.46. The maximum absolute atomic E-state index is 12.1. The van der Waals surface area contributed by atoms with Crippen molar-refractivity contribution >= 4 is 5.91 Å². The van der Waals surface area contributed by atoms with Gasteiger partial charge in [0.05, 0.1) is 19.8 Å². The van der Waals surface area contributed by atoms with Crippen molar-refractivity contribution in [3.8, 4) is 11.5 Å². The fourth-order valence-electron chi connectivity index (χ4n) is 1.88. The molecule has 112 valence electrons. The van der Waals surface area contributed by atoms with Gasteiger partial charge >= 0.3 is 0 Å². The van der Waals surface area contributed by atoms with E-state index in [0.717, 1.165) is 25.7 Å². The van der Waals surface area contributed by atoms with Crippen LogP contribution < -0.4 is 14.8 Å². The fraction of sp³-hybridized carbons (Fsp3) is 0.533. The van der Waals surface area contributed by atoms with Gasteiger partial charge in [0, 0.05) is 13.2 Å². The van der Waals surface area contributed by atoms with Crippen LogP contribution in [0.3, 0.4) is 0 Å². The Morgan fingerprint density at radius 3 is 2.55 bits per heavy atom. The third-order valence-electron chi connectivity index (χ3n) is 3.02. The minimum Gasteiger partial charge on any atom is -0.497 e. The van der Waals surface area contributed by atoms with Crippen LogP contribution in [0.2, 0.25) is 0 Å². The summed E-state index contributed by atoms with van der Waals surface area (Å²) in [6.45, 7) is 0.845. The van der Waals surface area contributed by atoms with Crippen LogP contribution in [0.1, 0.15) is 36.0 Å². The first-order valence-electron chi connectivity index (χ1n) is 6.84. The summed E-state index contributed by atoms with van der Waals surface area (Å²) in [6.07, 6.45) is 3.70. The van der Waals surface area contributed by atoms with Crippen molar-refractivity contribution in [2.24, 2.45) is 0 Å². The van der Waals surface area contributed by atoms with Gasteiger partial charge in [-0.1, -0.05) is 12.8 Å². The topological polar surface area (TPSA) is 67.8 Å². The first kappa shape index (κ1) is 16.3. The van der Waals surface area contributed by atoms with Gasteiger partial charge in [-0.15, -0.1) is 0 Å². The number of aliphatic hydroxyl groups is 1. The molecule has 1 aromatic carbocycles. The summed E-state index contributed by atoms with van der Waals surface area (Å²) in [4.78, 5) is 12.1. The highest BCUT2D eigenvalue weighted by Crippen LogP contribution is 2.23. The monoisotopic (exact) mass is 281 g/mol. The lowest BCUT2D eigenvalue weighted by atomic mass is 10.1. The third-order valence-corrected chi connectivity index (χ3v) is 3.02. The molecule has 5 nitrogen and oxygen atoms in total. The smallest absolute Gasteiger partial charge is 0.255 e. The molecule has 0 radical (unpaired) electrons. The number of nitrogens with one attached hydrogen (secondary N) is 1. The second-order valence-electron chi connectivity index (χ2n) is 4.46. The third kappa shape index (κ3) is 5.09. The van der Waals surface area contributed by atoms with Crippen molar-refractivity contribution in [1.82, 2.24) is 5.32 Å². The van der Waals surface area contributed by atoms with E-state index in [1.54, 1.807) is 25.3 Å². The predicted octanol–water partition coefficient (Wildman–Crippen LogP) is 1.99. The molecule has 0 aliphatic heterocycles. The number of amides is 1. The minimum absolute atomic E-state index is 0.164. The number of benzene rings is 1. The lowest BCUT2D eigenvalue weighted by Crippen LogP contribution is -2.25. The molecule has 20 heavy (non-hydrogen) atoms. The lowest BCUT2D eigenvalue weighted by Gasteiger charge is -2.10. The summed E-state index contributed by atoms with van der Waals surface area (Å²) >= 11 is 0. The maximum Gasteiger partial charge on any atom is 0.255 e. The Balaban J connectivity index is 2.49. The van der Waals surface area contributed by atoms with Crippen molar-refractivity contribution in [2.45, 2.75) is 25.7 Å². The molecule has 2 N–H and O–H groups in total. The highest BCUT2D eigenvalue weighted by Gasteiger charge is 2.12. The number of rotatable bonds is 9. The van der Waals surface area contributed by atoms with Crippen LogP contribution in [0.4, 0.5) is 0 Å². The van der Waals surface area contributed by atoms with Gasteiger partial charge in [-0.25, -0.2) is 0 Å².